The Morgan fingerprint density at radius 2 is 2.00 bits per heavy atom. The summed E-state index contributed by atoms with van der Waals surface area (Å²) >= 11 is 0. The van der Waals surface area contributed by atoms with E-state index in [0.717, 1.165) is 19.4 Å². The Labute approximate surface area is 82.1 Å². The molecule has 0 rings (SSSR count). The summed E-state index contributed by atoms with van der Waals surface area (Å²) in [5.41, 5.74) is 0.372. The van der Waals surface area contributed by atoms with E-state index in [1.807, 2.05) is 0 Å². The molecule has 0 aliphatic heterocycles. The molecule has 1 radical (unpaired) electrons. The fourth-order valence-electron chi connectivity index (χ4n) is 1.10. The summed E-state index contributed by atoms with van der Waals surface area (Å²) in [4.78, 5) is 11.0. The van der Waals surface area contributed by atoms with Crippen molar-refractivity contribution in [1.29, 1.82) is 0 Å². The van der Waals surface area contributed by atoms with Gasteiger partial charge in [0.05, 0.1) is 0 Å². The van der Waals surface area contributed by atoms with Gasteiger partial charge in [-0.05, 0) is 24.7 Å². The quantitative estimate of drug-likeness (QED) is 0.654. The standard InChI is InChI=1S/C11H22NO/c1-5-7-10(13)12-9-6-8-11(2,3)4/h1,5-9H2,2-4H3,(H,12,13). The Morgan fingerprint density at radius 3 is 2.46 bits per heavy atom. The van der Waals surface area contributed by atoms with Crippen molar-refractivity contribution in [2.24, 2.45) is 5.41 Å². The molecule has 0 saturated heterocycles. The molecule has 77 valence electrons. The van der Waals surface area contributed by atoms with Crippen molar-refractivity contribution in [3.05, 3.63) is 6.92 Å². The van der Waals surface area contributed by atoms with Gasteiger partial charge in [0.25, 0.3) is 0 Å². The number of hydrogen-bond donors (Lipinski definition) is 1. The second-order valence-corrected chi connectivity index (χ2v) is 4.62. The molecule has 0 heterocycles. The van der Waals surface area contributed by atoms with Crippen LogP contribution in [-0.4, -0.2) is 12.5 Å². The molecular weight excluding hydrogens is 162 g/mol. The maximum absolute atomic E-state index is 11.0. The molecule has 1 N–H and O–H groups in total. The molecule has 0 aromatic rings. The molecule has 0 bridgehead atoms. The Bertz CT molecular complexity index is 147. The lowest BCUT2D eigenvalue weighted by molar-refractivity contribution is -0.121. The predicted molar refractivity (Wildman–Crippen MR) is 56.3 cm³/mol. The first-order valence-corrected chi connectivity index (χ1v) is 5.01. The molecule has 2 heteroatoms. The second kappa shape index (κ2) is 6.01. The van der Waals surface area contributed by atoms with Gasteiger partial charge in [0, 0.05) is 13.0 Å². The fourth-order valence-corrected chi connectivity index (χ4v) is 1.10. The van der Waals surface area contributed by atoms with Gasteiger partial charge in [0.1, 0.15) is 0 Å². The van der Waals surface area contributed by atoms with Gasteiger partial charge in [-0.25, -0.2) is 0 Å². The average Bonchev–Trinajstić information content (AvgIpc) is 1.97. The first-order chi connectivity index (χ1) is 5.95. The zero-order valence-corrected chi connectivity index (χ0v) is 9.15. The SMILES string of the molecule is [CH2]CCC(=O)NCCCC(C)(C)C. The van der Waals surface area contributed by atoms with Crippen LogP contribution in [0.25, 0.3) is 0 Å². The van der Waals surface area contributed by atoms with E-state index >= 15 is 0 Å². The second-order valence-electron chi connectivity index (χ2n) is 4.62. The fraction of sp³-hybridized carbons (Fsp3) is 0.818. The highest BCUT2D eigenvalue weighted by molar-refractivity contribution is 5.75. The van der Waals surface area contributed by atoms with E-state index in [0.29, 0.717) is 18.3 Å². The predicted octanol–water partition coefficient (Wildman–Crippen LogP) is 2.54. The van der Waals surface area contributed by atoms with Crippen molar-refractivity contribution in [3.8, 4) is 0 Å². The third-order valence-electron chi connectivity index (χ3n) is 1.83. The van der Waals surface area contributed by atoms with E-state index in [4.69, 9.17) is 0 Å². The zero-order chi connectivity index (χ0) is 10.3. The van der Waals surface area contributed by atoms with Crippen molar-refractivity contribution >= 4 is 5.91 Å². The van der Waals surface area contributed by atoms with Crippen LogP contribution in [0.1, 0.15) is 46.5 Å². The van der Waals surface area contributed by atoms with Crippen LogP contribution in [0, 0.1) is 12.3 Å². The van der Waals surface area contributed by atoms with Gasteiger partial charge in [-0.3, -0.25) is 4.79 Å². The lowest BCUT2D eigenvalue weighted by atomic mass is 9.91. The molecule has 0 aliphatic rings. The van der Waals surface area contributed by atoms with Gasteiger partial charge in [-0.2, -0.15) is 0 Å². The van der Waals surface area contributed by atoms with Crippen LogP contribution in [0.4, 0.5) is 0 Å². The van der Waals surface area contributed by atoms with E-state index in [-0.39, 0.29) is 5.91 Å². The van der Waals surface area contributed by atoms with Gasteiger partial charge in [-0.15, -0.1) is 0 Å². The molecule has 0 saturated carbocycles. The normalized spacial score (nSPS) is 11.4. The highest BCUT2D eigenvalue weighted by atomic mass is 16.1. The van der Waals surface area contributed by atoms with Gasteiger partial charge < -0.3 is 5.32 Å². The maximum atomic E-state index is 11.0. The number of rotatable bonds is 5. The smallest absolute Gasteiger partial charge is 0.219 e. The molecule has 0 aromatic heterocycles. The van der Waals surface area contributed by atoms with Crippen molar-refractivity contribution < 1.29 is 4.79 Å². The summed E-state index contributed by atoms with van der Waals surface area (Å²) < 4.78 is 0. The molecule has 13 heavy (non-hydrogen) atoms. The third kappa shape index (κ3) is 9.38. The van der Waals surface area contributed by atoms with E-state index in [1.54, 1.807) is 0 Å². The largest absolute Gasteiger partial charge is 0.356 e. The summed E-state index contributed by atoms with van der Waals surface area (Å²) in [6.45, 7) is 11.1. The third-order valence-corrected chi connectivity index (χ3v) is 1.83. The maximum Gasteiger partial charge on any atom is 0.219 e. The number of carbonyl (C=O) groups excluding carboxylic acids is 1. The molecule has 0 spiro atoms. The average molecular weight is 184 g/mol. The molecular formula is C11H22NO. The Balaban J connectivity index is 3.31. The molecule has 2 nitrogen and oxygen atoms in total. The Kier molecular flexibility index (Phi) is 5.76. The molecule has 0 aromatic carbocycles. The van der Waals surface area contributed by atoms with Crippen molar-refractivity contribution in [1.82, 2.24) is 5.32 Å². The van der Waals surface area contributed by atoms with Crippen LogP contribution in [0.15, 0.2) is 0 Å². The van der Waals surface area contributed by atoms with E-state index < -0.39 is 0 Å². The van der Waals surface area contributed by atoms with Crippen LogP contribution >= 0.6 is 0 Å². The number of carbonyl (C=O) groups is 1. The monoisotopic (exact) mass is 184 g/mol. The summed E-state index contributed by atoms with van der Waals surface area (Å²) in [6, 6.07) is 0. The minimum atomic E-state index is 0.129. The lowest BCUT2D eigenvalue weighted by Gasteiger charge is -2.17. The van der Waals surface area contributed by atoms with Gasteiger partial charge in [-0.1, -0.05) is 27.7 Å². The van der Waals surface area contributed by atoms with Crippen LogP contribution in [0.2, 0.25) is 0 Å². The summed E-state index contributed by atoms with van der Waals surface area (Å²) in [7, 11) is 0. The van der Waals surface area contributed by atoms with Gasteiger partial charge in [0.2, 0.25) is 5.91 Å². The van der Waals surface area contributed by atoms with Crippen LogP contribution in [0.3, 0.4) is 0 Å². The topological polar surface area (TPSA) is 29.1 Å². The van der Waals surface area contributed by atoms with Crippen molar-refractivity contribution in [2.75, 3.05) is 6.54 Å². The van der Waals surface area contributed by atoms with Crippen LogP contribution < -0.4 is 5.32 Å². The van der Waals surface area contributed by atoms with Crippen molar-refractivity contribution in [2.45, 2.75) is 46.5 Å². The zero-order valence-electron chi connectivity index (χ0n) is 9.15. The minimum Gasteiger partial charge on any atom is -0.356 e. The Morgan fingerprint density at radius 1 is 1.38 bits per heavy atom. The highest BCUT2D eigenvalue weighted by Gasteiger charge is 2.09. The van der Waals surface area contributed by atoms with Gasteiger partial charge >= 0.3 is 0 Å². The number of hydrogen-bond acceptors (Lipinski definition) is 1. The van der Waals surface area contributed by atoms with Gasteiger partial charge in [0.15, 0.2) is 0 Å². The first-order valence-electron chi connectivity index (χ1n) is 5.01. The molecule has 1 amide bonds. The minimum absolute atomic E-state index is 0.129. The molecule has 0 fully saturated rings. The molecule has 0 unspecified atom stereocenters. The molecule has 0 aliphatic carbocycles. The van der Waals surface area contributed by atoms with Crippen LogP contribution in [-0.2, 0) is 4.79 Å². The molecule has 0 atom stereocenters. The summed E-state index contributed by atoms with van der Waals surface area (Å²) in [5, 5.41) is 2.88. The van der Waals surface area contributed by atoms with Crippen molar-refractivity contribution in [3.63, 3.8) is 0 Å². The lowest BCUT2D eigenvalue weighted by Crippen LogP contribution is -2.24. The Hall–Kier alpha value is -0.530. The summed E-state index contributed by atoms with van der Waals surface area (Å²) in [6.07, 6.45) is 3.45. The van der Waals surface area contributed by atoms with E-state index in [1.165, 1.54) is 0 Å². The number of nitrogens with one attached hydrogen (secondary N) is 1. The van der Waals surface area contributed by atoms with Crippen LogP contribution in [0.5, 0.6) is 0 Å². The van der Waals surface area contributed by atoms with E-state index in [9.17, 15) is 4.79 Å². The first kappa shape index (κ1) is 12.5. The van der Waals surface area contributed by atoms with E-state index in [2.05, 4.69) is 33.0 Å². The summed E-state index contributed by atoms with van der Waals surface area (Å²) in [5.74, 6) is 0.129. The number of amides is 1. The highest BCUT2D eigenvalue weighted by Crippen LogP contribution is 2.19.